The molecule has 90 valence electrons. The molecule has 0 saturated heterocycles. The van der Waals surface area contributed by atoms with Gasteiger partial charge in [0.25, 0.3) is 0 Å². The van der Waals surface area contributed by atoms with Crippen LogP contribution in [0.1, 0.15) is 10.4 Å². The Morgan fingerprint density at radius 3 is 2.89 bits per heavy atom. The maximum atomic E-state index is 9.82. The largest absolute Gasteiger partial charge is 0.492 e. The van der Waals surface area contributed by atoms with Crippen molar-refractivity contribution >= 4 is 47.1 Å². The molecule has 0 fully saturated rings. The Hall–Kier alpha value is -1.92. The first-order chi connectivity index (χ1) is 8.66. The quantitative estimate of drug-likeness (QED) is 0.621. The smallest absolute Gasteiger partial charge is 0.229 e. The standard InChI is InChI=1S/C12H9N3OS2/c13-15-11(16)10(18-12(15)17)5-7-6-14-9-4-2-1-3-8(7)9/h1-6,16H,13H2. The summed E-state index contributed by atoms with van der Waals surface area (Å²) in [5.41, 5.74) is 2.91. The average molecular weight is 275 g/mol. The average Bonchev–Trinajstić information content (AvgIpc) is 2.89. The molecular formula is C12H9N3OS2. The van der Waals surface area contributed by atoms with E-state index in [0.717, 1.165) is 21.5 Å². The number of fused-ring (bicyclic) bond motifs is 1. The van der Waals surface area contributed by atoms with E-state index in [-0.39, 0.29) is 5.88 Å². The third kappa shape index (κ3) is 1.66. The number of aliphatic imine (C=N–C) groups is 1. The van der Waals surface area contributed by atoms with E-state index in [1.165, 1.54) is 11.3 Å². The lowest BCUT2D eigenvalue weighted by molar-refractivity contribution is 0.436. The molecular weight excluding hydrogens is 266 g/mol. The first kappa shape index (κ1) is 11.2. The fraction of sp³-hybridized carbons (Fsp3) is 0. The number of allylic oxidation sites excluding steroid dienone is 1. The zero-order chi connectivity index (χ0) is 12.7. The molecule has 18 heavy (non-hydrogen) atoms. The Balaban J connectivity index is 2.12. The van der Waals surface area contributed by atoms with Crippen molar-refractivity contribution in [1.82, 2.24) is 4.68 Å². The first-order valence-corrected chi connectivity index (χ1v) is 6.44. The monoisotopic (exact) mass is 275 g/mol. The molecule has 0 radical (unpaired) electrons. The molecule has 0 amide bonds. The van der Waals surface area contributed by atoms with Gasteiger partial charge in [-0.2, -0.15) is 0 Å². The second-order valence-corrected chi connectivity index (χ2v) is 5.48. The molecule has 0 unspecified atom stereocenters. The molecule has 2 aromatic rings. The van der Waals surface area contributed by atoms with E-state index in [2.05, 4.69) is 4.99 Å². The molecule has 2 heterocycles. The van der Waals surface area contributed by atoms with E-state index in [0.29, 0.717) is 8.83 Å². The van der Waals surface area contributed by atoms with E-state index < -0.39 is 0 Å². The third-order valence-electron chi connectivity index (χ3n) is 2.69. The summed E-state index contributed by atoms with van der Waals surface area (Å²) < 4.78 is 1.53. The summed E-state index contributed by atoms with van der Waals surface area (Å²) in [4.78, 5) is 4.94. The predicted molar refractivity (Wildman–Crippen MR) is 77.4 cm³/mol. The van der Waals surface area contributed by atoms with Crippen molar-refractivity contribution in [3.05, 3.63) is 38.7 Å². The number of hydrogen-bond acceptors (Lipinski definition) is 5. The summed E-state index contributed by atoms with van der Waals surface area (Å²) in [5, 5.41) is 9.82. The van der Waals surface area contributed by atoms with E-state index in [1.54, 1.807) is 6.21 Å². The van der Waals surface area contributed by atoms with Gasteiger partial charge in [0.15, 0.2) is 3.95 Å². The van der Waals surface area contributed by atoms with Gasteiger partial charge in [0.05, 0.1) is 10.6 Å². The van der Waals surface area contributed by atoms with Gasteiger partial charge in [-0.25, -0.2) is 4.68 Å². The molecule has 0 bridgehead atoms. The van der Waals surface area contributed by atoms with E-state index >= 15 is 0 Å². The van der Waals surface area contributed by atoms with Crippen molar-refractivity contribution in [1.29, 1.82) is 0 Å². The van der Waals surface area contributed by atoms with Crippen LogP contribution in [0.2, 0.25) is 0 Å². The Morgan fingerprint density at radius 2 is 2.17 bits per heavy atom. The van der Waals surface area contributed by atoms with Crippen LogP contribution < -0.4 is 5.84 Å². The van der Waals surface area contributed by atoms with Crippen molar-refractivity contribution in [2.24, 2.45) is 4.99 Å². The molecule has 3 N–H and O–H groups in total. The molecule has 4 nitrogen and oxygen atoms in total. The maximum Gasteiger partial charge on any atom is 0.229 e. The molecule has 3 rings (SSSR count). The van der Waals surface area contributed by atoms with Crippen molar-refractivity contribution < 1.29 is 5.11 Å². The highest BCUT2D eigenvalue weighted by Gasteiger charge is 2.14. The van der Waals surface area contributed by atoms with Crippen LogP contribution in [0.4, 0.5) is 5.69 Å². The number of thiazole rings is 1. The number of benzene rings is 1. The van der Waals surface area contributed by atoms with Crippen LogP contribution in [0, 0.1) is 3.95 Å². The summed E-state index contributed by atoms with van der Waals surface area (Å²) in [5.74, 6) is 5.56. The second kappa shape index (κ2) is 4.08. The van der Waals surface area contributed by atoms with Crippen LogP contribution in [0.15, 0.2) is 29.3 Å². The lowest BCUT2D eigenvalue weighted by Crippen LogP contribution is -2.06. The number of para-hydroxylation sites is 1. The zero-order valence-electron chi connectivity index (χ0n) is 9.20. The lowest BCUT2D eigenvalue weighted by Gasteiger charge is -1.98. The Kier molecular flexibility index (Phi) is 2.53. The third-order valence-corrected chi connectivity index (χ3v) is 4.03. The number of nitrogens with zero attached hydrogens (tertiary/aromatic N) is 2. The van der Waals surface area contributed by atoms with Crippen LogP contribution >= 0.6 is 23.6 Å². The minimum atomic E-state index is -0.0183. The van der Waals surface area contributed by atoms with Crippen molar-refractivity contribution in [2.75, 3.05) is 5.84 Å². The molecule has 1 aliphatic heterocycles. The van der Waals surface area contributed by atoms with Crippen LogP contribution in [0.5, 0.6) is 5.88 Å². The maximum absolute atomic E-state index is 9.82. The fourth-order valence-electron chi connectivity index (χ4n) is 1.78. The van der Waals surface area contributed by atoms with Crippen LogP contribution in [0.25, 0.3) is 11.6 Å². The van der Waals surface area contributed by atoms with Gasteiger partial charge in [0, 0.05) is 17.4 Å². The minimum Gasteiger partial charge on any atom is -0.492 e. The van der Waals surface area contributed by atoms with Gasteiger partial charge in [-0.1, -0.05) is 29.5 Å². The number of hydrogen-bond donors (Lipinski definition) is 2. The minimum absolute atomic E-state index is 0.0183. The highest BCUT2D eigenvalue weighted by Crippen LogP contribution is 2.34. The Labute approximate surface area is 112 Å². The highest BCUT2D eigenvalue weighted by atomic mass is 32.1. The second-order valence-electron chi connectivity index (χ2n) is 3.80. The number of aromatic nitrogens is 1. The van der Waals surface area contributed by atoms with Crippen molar-refractivity contribution in [3.63, 3.8) is 0 Å². The van der Waals surface area contributed by atoms with Gasteiger partial charge >= 0.3 is 0 Å². The van der Waals surface area contributed by atoms with Crippen LogP contribution in [-0.4, -0.2) is 16.0 Å². The summed E-state index contributed by atoms with van der Waals surface area (Å²) in [6, 6.07) is 7.83. The normalized spacial score (nSPS) is 15.2. The molecule has 0 saturated carbocycles. The molecule has 0 atom stereocenters. The van der Waals surface area contributed by atoms with Gasteiger partial charge in [0.1, 0.15) is 0 Å². The molecule has 0 spiro atoms. The SMILES string of the molecule is Nn1c(O)c(C=C2C=Nc3ccccc32)sc1=S. The summed E-state index contributed by atoms with van der Waals surface area (Å²) in [6.45, 7) is 0. The van der Waals surface area contributed by atoms with Gasteiger partial charge in [-0.05, 0) is 24.4 Å². The summed E-state index contributed by atoms with van der Waals surface area (Å²) in [6.07, 6.45) is 3.61. The van der Waals surface area contributed by atoms with Gasteiger partial charge in [0.2, 0.25) is 5.88 Å². The van der Waals surface area contributed by atoms with Crippen LogP contribution in [0.3, 0.4) is 0 Å². The predicted octanol–water partition coefficient (Wildman–Crippen LogP) is 2.95. The molecule has 6 heteroatoms. The number of rotatable bonds is 1. The zero-order valence-corrected chi connectivity index (χ0v) is 10.8. The van der Waals surface area contributed by atoms with Gasteiger partial charge in [-0.15, -0.1) is 0 Å². The Bertz CT molecular complexity index is 740. The van der Waals surface area contributed by atoms with Gasteiger partial charge < -0.3 is 10.9 Å². The number of nitrogens with two attached hydrogens (primary N) is 1. The topological polar surface area (TPSA) is 63.5 Å². The lowest BCUT2D eigenvalue weighted by atomic mass is 10.1. The summed E-state index contributed by atoms with van der Waals surface area (Å²) in [7, 11) is 0. The van der Waals surface area contributed by atoms with Crippen molar-refractivity contribution in [2.45, 2.75) is 0 Å². The first-order valence-electron chi connectivity index (χ1n) is 5.22. The van der Waals surface area contributed by atoms with Crippen molar-refractivity contribution in [3.8, 4) is 5.88 Å². The molecule has 1 aromatic carbocycles. The van der Waals surface area contributed by atoms with Gasteiger partial charge in [-0.3, -0.25) is 4.99 Å². The molecule has 1 aromatic heterocycles. The van der Waals surface area contributed by atoms with E-state index in [4.69, 9.17) is 18.1 Å². The molecule has 1 aliphatic rings. The fourth-order valence-corrected chi connectivity index (χ4v) is 2.89. The van der Waals surface area contributed by atoms with Crippen LogP contribution in [-0.2, 0) is 0 Å². The van der Waals surface area contributed by atoms with E-state index in [9.17, 15) is 5.11 Å². The van der Waals surface area contributed by atoms with E-state index in [1.807, 2.05) is 30.3 Å². The Morgan fingerprint density at radius 1 is 1.39 bits per heavy atom. The summed E-state index contributed by atoms with van der Waals surface area (Å²) >= 11 is 6.28. The number of nitrogen functional groups attached to an aromatic ring is 1. The number of aromatic hydroxyl groups is 1. The highest BCUT2D eigenvalue weighted by molar-refractivity contribution is 7.73. The molecule has 0 aliphatic carbocycles.